The Kier molecular flexibility index (Phi) is 6.69. The number of pyridine rings is 1. The van der Waals surface area contributed by atoms with Gasteiger partial charge in [0.2, 0.25) is 0 Å². The molecule has 0 aliphatic heterocycles. The van der Waals surface area contributed by atoms with E-state index in [4.69, 9.17) is 0 Å². The summed E-state index contributed by atoms with van der Waals surface area (Å²) in [5, 5.41) is 2.85. The van der Waals surface area contributed by atoms with Crippen molar-refractivity contribution in [3.05, 3.63) is 59.8 Å². The Balaban J connectivity index is 2.09. The summed E-state index contributed by atoms with van der Waals surface area (Å²) in [5.41, 5.74) is 1.23. The van der Waals surface area contributed by atoms with Gasteiger partial charge in [0.05, 0.1) is 11.6 Å². The van der Waals surface area contributed by atoms with Crippen LogP contribution in [0.3, 0.4) is 0 Å². The molecule has 7 heteroatoms. The van der Waals surface area contributed by atoms with Crippen molar-refractivity contribution in [1.29, 1.82) is 0 Å². The number of hydrogen-bond donors (Lipinski definition) is 1. The number of rotatable bonds is 7. The molecular weight excluding hydrogens is 332 g/mol. The van der Waals surface area contributed by atoms with Crippen LogP contribution in [0.4, 0.5) is 8.78 Å². The van der Waals surface area contributed by atoms with E-state index in [0.717, 1.165) is 5.56 Å². The lowest BCUT2D eigenvalue weighted by atomic mass is 10.1. The van der Waals surface area contributed by atoms with Crippen molar-refractivity contribution in [3.63, 3.8) is 0 Å². The fourth-order valence-corrected chi connectivity index (χ4v) is 2.88. The van der Waals surface area contributed by atoms with Crippen molar-refractivity contribution in [2.75, 3.05) is 20.6 Å². The second kappa shape index (κ2) is 8.75. The number of amides is 1. The molecule has 1 aromatic heterocycles. The first-order valence-electron chi connectivity index (χ1n) is 7.38. The van der Waals surface area contributed by atoms with Gasteiger partial charge in [-0.05, 0) is 43.6 Å². The second-order valence-electron chi connectivity index (χ2n) is 5.33. The van der Waals surface area contributed by atoms with Crippen molar-refractivity contribution in [3.8, 4) is 0 Å². The first-order valence-corrected chi connectivity index (χ1v) is 8.26. The summed E-state index contributed by atoms with van der Waals surface area (Å²) < 4.78 is 25.2. The van der Waals surface area contributed by atoms with E-state index in [9.17, 15) is 13.6 Å². The molecule has 1 atom stereocenters. The molecular formula is C17H19F2N3OS. The molecule has 0 aliphatic rings. The largest absolute Gasteiger partial charge is 0.350 e. The van der Waals surface area contributed by atoms with Gasteiger partial charge >= 0.3 is 0 Å². The molecule has 0 saturated heterocycles. The van der Waals surface area contributed by atoms with Crippen LogP contribution in [-0.2, 0) is 0 Å². The molecule has 24 heavy (non-hydrogen) atoms. The molecule has 4 nitrogen and oxygen atoms in total. The van der Waals surface area contributed by atoms with Gasteiger partial charge in [-0.1, -0.05) is 30.3 Å². The monoisotopic (exact) mass is 351 g/mol. The zero-order valence-electron chi connectivity index (χ0n) is 13.4. The highest BCUT2D eigenvalue weighted by atomic mass is 32.2. The van der Waals surface area contributed by atoms with Crippen molar-refractivity contribution in [1.82, 2.24) is 15.2 Å². The summed E-state index contributed by atoms with van der Waals surface area (Å²) in [4.78, 5) is 18.2. The predicted octanol–water partition coefficient (Wildman–Crippen LogP) is 3.43. The maximum absolute atomic E-state index is 12.6. The minimum atomic E-state index is -2.62. The van der Waals surface area contributed by atoms with Crippen molar-refractivity contribution < 1.29 is 13.6 Å². The molecule has 1 amide bonds. The molecule has 2 aromatic rings. The molecule has 0 fully saturated rings. The minimum absolute atomic E-state index is 0.0157. The lowest BCUT2D eigenvalue weighted by molar-refractivity contribution is 0.0938. The zero-order chi connectivity index (χ0) is 17.5. The Morgan fingerprint density at radius 2 is 1.92 bits per heavy atom. The van der Waals surface area contributed by atoms with E-state index < -0.39 is 11.7 Å². The van der Waals surface area contributed by atoms with Gasteiger partial charge in [0.15, 0.2) is 0 Å². The number of carbonyl (C=O) groups excluding carboxylic acids is 1. The Morgan fingerprint density at radius 1 is 1.21 bits per heavy atom. The van der Waals surface area contributed by atoms with E-state index in [2.05, 4.69) is 10.3 Å². The fourth-order valence-electron chi connectivity index (χ4n) is 2.30. The molecule has 1 aromatic carbocycles. The molecule has 0 spiro atoms. The summed E-state index contributed by atoms with van der Waals surface area (Å²) in [7, 11) is 3.85. The first-order chi connectivity index (χ1) is 11.5. The van der Waals surface area contributed by atoms with Gasteiger partial charge in [0.25, 0.3) is 11.7 Å². The third-order valence-corrected chi connectivity index (χ3v) is 4.21. The second-order valence-corrected chi connectivity index (χ2v) is 6.31. The molecule has 0 unspecified atom stereocenters. The Labute approximate surface area is 144 Å². The number of alkyl halides is 2. The van der Waals surface area contributed by atoms with Crippen molar-refractivity contribution in [2.24, 2.45) is 0 Å². The summed E-state index contributed by atoms with van der Waals surface area (Å²) >= 11 is 0.275. The van der Waals surface area contributed by atoms with Crippen LogP contribution < -0.4 is 5.32 Å². The van der Waals surface area contributed by atoms with E-state index in [1.165, 1.54) is 12.3 Å². The van der Waals surface area contributed by atoms with E-state index >= 15 is 0 Å². The molecule has 0 bridgehead atoms. The summed E-state index contributed by atoms with van der Waals surface area (Å²) in [6, 6.07) is 12.8. The number of benzene rings is 1. The highest BCUT2D eigenvalue weighted by Gasteiger charge is 2.19. The number of aromatic nitrogens is 1. The fraction of sp³-hybridized carbons (Fsp3) is 0.294. The summed E-state index contributed by atoms with van der Waals surface area (Å²) in [6.45, 7) is 0.365. The third kappa shape index (κ3) is 5.01. The smallest absolute Gasteiger partial charge is 0.290 e. The molecule has 0 saturated carbocycles. The van der Waals surface area contributed by atoms with E-state index in [1.54, 1.807) is 6.07 Å². The summed E-state index contributed by atoms with van der Waals surface area (Å²) in [6.07, 6.45) is 1.40. The average molecular weight is 351 g/mol. The van der Waals surface area contributed by atoms with Crippen LogP contribution in [0, 0.1) is 0 Å². The number of halogens is 2. The van der Waals surface area contributed by atoms with Crippen molar-refractivity contribution >= 4 is 17.7 Å². The molecule has 128 valence electrons. The number of nitrogens with one attached hydrogen (secondary N) is 1. The Morgan fingerprint density at radius 3 is 2.54 bits per heavy atom. The molecule has 0 aliphatic carbocycles. The van der Waals surface area contributed by atoms with Crippen LogP contribution in [0.2, 0.25) is 0 Å². The number of carbonyl (C=O) groups is 1. The Hall–Kier alpha value is -1.99. The molecule has 1 N–H and O–H groups in total. The minimum Gasteiger partial charge on any atom is -0.350 e. The van der Waals surface area contributed by atoms with E-state index in [0.29, 0.717) is 6.54 Å². The Bertz CT molecular complexity index is 668. The zero-order valence-corrected chi connectivity index (χ0v) is 14.3. The van der Waals surface area contributed by atoms with Gasteiger partial charge in [0, 0.05) is 12.7 Å². The number of hydrogen-bond acceptors (Lipinski definition) is 4. The van der Waals surface area contributed by atoms with Gasteiger partial charge in [-0.2, -0.15) is 8.78 Å². The van der Waals surface area contributed by atoms with Gasteiger partial charge in [-0.25, -0.2) is 4.98 Å². The SMILES string of the molecule is CN(C)[C@@H](CNC(=O)c1cccnc1SC(F)F)c1ccccc1. The standard InChI is InChI=1S/C17H19F2N3OS/c1-22(2)14(12-7-4-3-5-8-12)11-21-15(23)13-9-6-10-20-16(13)24-17(18)19/h3-10,14,17H,11H2,1-2H3,(H,21,23)/t14-/m0/s1. The topological polar surface area (TPSA) is 45.2 Å². The summed E-state index contributed by atoms with van der Waals surface area (Å²) in [5.74, 6) is -3.03. The number of thioether (sulfide) groups is 1. The lowest BCUT2D eigenvalue weighted by Crippen LogP contribution is -2.34. The quantitative estimate of drug-likeness (QED) is 0.777. The first kappa shape index (κ1) is 18.4. The number of nitrogens with zero attached hydrogens (tertiary/aromatic N) is 2. The normalized spacial score (nSPS) is 12.4. The molecule has 1 heterocycles. The maximum Gasteiger partial charge on any atom is 0.290 e. The van der Waals surface area contributed by atoms with Crippen LogP contribution in [0.25, 0.3) is 0 Å². The molecule has 2 rings (SSSR count). The third-order valence-electron chi connectivity index (χ3n) is 3.48. The van der Waals surface area contributed by atoms with Crippen LogP contribution in [0.15, 0.2) is 53.7 Å². The highest BCUT2D eigenvalue weighted by molar-refractivity contribution is 7.99. The van der Waals surface area contributed by atoms with E-state index in [-0.39, 0.29) is 28.4 Å². The van der Waals surface area contributed by atoms with Gasteiger partial charge in [-0.3, -0.25) is 4.79 Å². The predicted molar refractivity (Wildman–Crippen MR) is 91.3 cm³/mol. The average Bonchev–Trinajstić information content (AvgIpc) is 2.55. The van der Waals surface area contributed by atoms with Gasteiger partial charge in [-0.15, -0.1) is 0 Å². The number of likely N-dealkylation sites (N-methyl/N-ethyl adjacent to an activating group) is 1. The highest BCUT2D eigenvalue weighted by Crippen LogP contribution is 2.26. The van der Waals surface area contributed by atoms with Crippen LogP contribution in [0.1, 0.15) is 22.0 Å². The van der Waals surface area contributed by atoms with Gasteiger partial charge < -0.3 is 10.2 Å². The molecule has 0 radical (unpaired) electrons. The van der Waals surface area contributed by atoms with Crippen LogP contribution in [0.5, 0.6) is 0 Å². The maximum atomic E-state index is 12.6. The lowest BCUT2D eigenvalue weighted by Gasteiger charge is -2.25. The van der Waals surface area contributed by atoms with Crippen molar-refractivity contribution in [2.45, 2.75) is 16.8 Å². The van der Waals surface area contributed by atoms with Gasteiger partial charge in [0.1, 0.15) is 5.03 Å². The van der Waals surface area contributed by atoms with E-state index in [1.807, 2.05) is 49.3 Å². The van der Waals surface area contributed by atoms with Crippen LogP contribution >= 0.6 is 11.8 Å². The van der Waals surface area contributed by atoms with Crippen LogP contribution in [-0.4, -0.2) is 42.2 Å².